The Morgan fingerprint density at radius 3 is 1.76 bits per heavy atom. The Morgan fingerprint density at radius 1 is 1.18 bits per heavy atom. The van der Waals surface area contributed by atoms with Crippen LogP contribution in [0.4, 0.5) is 0 Å². The quantitative estimate of drug-likeness (QED) is 0.721. The molecule has 0 amide bonds. The summed E-state index contributed by atoms with van der Waals surface area (Å²) in [5.41, 5.74) is 11.4. The number of hydrogen-bond acceptors (Lipinski definition) is 4. The van der Waals surface area contributed by atoms with Gasteiger partial charge in [0.05, 0.1) is 0 Å². The summed E-state index contributed by atoms with van der Waals surface area (Å²) in [7, 11) is 1.30. The summed E-state index contributed by atoms with van der Waals surface area (Å²) < 4.78 is 10.7. The SMILES string of the molecule is CC(C)(C)N.CCCCC(N)[Si](C)(OC)OC. The molecule has 5 heteroatoms. The van der Waals surface area contributed by atoms with Gasteiger partial charge in [0.25, 0.3) is 0 Å². The van der Waals surface area contributed by atoms with Crippen molar-refractivity contribution < 1.29 is 8.85 Å². The van der Waals surface area contributed by atoms with E-state index in [2.05, 4.69) is 6.92 Å². The van der Waals surface area contributed by atoms with Crippen molar-refractivity contribution in [1.82, 2.24) is 0 Å². The van der Waals surface area contributed by atoms with Crippen LogP contribution in [0.5, 0.6) is 0 Å². The molecule has 0 aromatic heterocycles. The fourth-order valence-corrected chi connectivity index (χ4v) is 2.57. The van der Waals surface area contributed by atoms with E-state index in [9.17, 15) is 0 Å². The Labute approximate surface area is 108 Å². The molecule has 0 aliphatic heterocycles. The molecule has 1 unspecified atom stereocenters. The Morgan fingerprint density at radius 2 is 1.53 bits per heavy atom. The molecule has 17 heavy (non-hydrogen) atoms. The van der Waals surface area contributed by atoms with Crippen LogP contribution in [-0.4, -0.2) is 34.0 Å². The van der Waals surface area contributed by atoms with Crippen LogP contribution in [0.15, 0.2) is 0 Å². The maximum absolute atomic E-state index is 5.97. The predicted molar refractivity (Wildman–Crippen MR) is 77.1 cm³/mol. The Hall–Kier alpha value is 0.0569. The van der Waals surface area contributed by atoms with E-state index >= 15 is 0 Å². The summed E-state index contributed by atoms with van der Waals surface area (Å²) >= 11 is 0. The van der Waals surface area contributed by atoms with Crippen LogP contribution in [0.1, 0.15) is 47.0 Å². The van der Waals surface area contributed by atoms with E-state index in [-0.39, 0.29) is 11.2 Å². The van der Waals surface area contributed by atoms with Crippen molar-refractivity contribution in [3.05, 3.63) is 0 Å². The zero-order chi connectivity index (χ0) is 14.1. The van der Waals surface area contributed by atoms with Gasteiger partial charge in [0.15, 0.2) is 0 Å². The fourth-order valence-electron chi connectivity index (χ4n) is 1.07. The van der Waals surface area contributed by atoms with Gasteiger partial charge in [0, 0.05) is 25.4 Å². The molecular formula is C12H32N2O2Si. The maximum atomic E-state index is 5.97. The molecule has 0 aliphatic rings. The van der Waals surface area contributed by atoms with Gasteiger partial charge in [0.2, 0.25) is 0 Å². The molecule has 0 aromatic rings. The second-order valence-electron chi connectivity index (χ2n) is 5.54. The number of rotatable bonds is 6. The Kier molecular flexibility index (Phi) is 10.3. The lowest BCUT2D eigenvalue weighted by Crippen LogP contribution is -2.54. The molecule has 0 heterocycles. The molecule has 0 aromatic carbocycles. The minimum atomic E-state index is -2.06. The van der Waals surface area contributed by atoms with E-state index in [4.69, 9.17) is 20.3 Å². The lowest BCUT2D eigenvalue weighted by molar-refractivity contribution is 0.235. The van der Waals surface area contributed by atoms with Gasteiger partial charge in [-0.1, -0.05) is 19.8 Å². The second kappa shape index (κ2) is 9.05. The van der Waals surface area contributed by atoms with Crippen molar-refractivity contribution in [3.63, 3.8) is 0 Å². The molecule has 0 aliphatic carbocycles. The molecule has 106 valence electrons. The van der Waals surface area contributed by atoms with Crippen LogP contribution >= 0.6 is 0 Å². The minimum Gasteiger partial charge on any atom is -0.397 e. The molecule has 0 spiro atoms. The summed E-state index contributed by atoms with van der Waals surface area (Å²) in [4.78, 5) is 0. The molecule has 0 saturated heterocycles. The van der Waals surface area contributed by atoms with Gasteiger partial charge in [0.1, 0.15) is 0 Å². The third kappa shape index (κ3) is 12.3. The van der Waals surface area contributed by atoms with Crippen molar-refractivity contribution in [2.24, 2.45) is 11.5 Å². The van der Waals surface area contributed by atoms with Gasteiger partial charge in [-0.3, -0.25) is 0 Å². The zero-order valence-corrected chi connectivity index (χ0v) is 13.7. The molecule has 1 atom stereocenters. The van der Waals surface area contributed by atoms with Crippen molar-refractivity contribution in [2.75, 3.05) is 14.2 Å². The van der Waals surface area contributed by atoms with Gasteiger partial charge in [-0.05, 0) is 33.7 Å². The monoisotopic (exact) mass is 264 g/mol. The van der Waals surface area contributed by atoms with Crippen LogP contribution in [0.25, 0.3) is 0 Å². The number of unbranched alkanes of at least 4 members (excludes halogenated alkanes) is 1. The third-order valence-electron chi connectivity index (χ3n) is 2.35. The summed E-state index contributed by atoms with van der Waals surface area (Å²) in [5.74, 6) is 0. The first-order chi connectivity index (χ1) is 7.60. The average Bonchev–Trinajstić information content (AvgIpc) is 2.22. The van der Waals surface area contributed by atoms with Crippen molar-refractivity contribution in [3.8, 4) is 0 Å². The van der Waals surface area contributed by atoms with Crippen LogP contribution in [0.2, 0.25) is 6.55 Å². The van der Waals surface area contributed by atoms with Gasteiger partial charge in [-0.2, -0.15) is 0 Å². The highest BCUT2D eigenvalue weighted by atomic mass is 28.4. The minimum absolute atomic E-state index is 0. The van der Waals surface area contributed by atoms with Gasteiger partial charge < -0.3 is 20.3 Å². The van der Waals surface area contributed by atoms with Gasteiger partial charge >= 0.3 is 8.56 Å². The van der Waals surface area contributed by atoms with E-state index in [1.807, 2.05) is 27.3 Å². The van der Waals surface area contributed by atoms with Crippen LogP contribution in [-0.2, 0) is 8.85 Å². The highest BCUT2D eigenvalue weighted by Crippen LogP contribution is 2.13. The molecule has 0 rings (SSSR count). The van der Waals surface area contributed by atoms with E-state index in [0.29, 0.717) is 0 Å². The summed E-state index contributed by atoms with van der Waals surface area (Å²) in [6, 6.07) is 0. The smallest absolute Gasteiger partial charge is 0.351 e. The fraction of sp³-hybridized carbons (Fsp3) is 1.00. The van der Waals surface area contributed by atoms with Crippen molar-refractivity contribution >= 4 is 8.56 Å². The second-order valence-corrected chi connectivity index (χ2v) is 9.13. The number of nitrogens with two attached hydrogens (primary N) is 2. The summed E-state index contributed by atoms with van der Waals surface area (Å²) in [6.07, 6.45) is 3.32. The average molecular weight is 264 g/mol. The Bertz CT molecular complexity index is 174. The summed E-state index contributed by atoms with van der Waals surface area (Å²) in [5, 5.41) is 0. The highest BCUT2D eigenvalue weighted by Gasteiger charge is 2.36. The first-order valence-corrected chi connectivity index (χ1v) is 8.64. The molecule has 0 bridgehead atoms. The van der Waals surface area contributed by atoms with Crippen LogP contribution < -0.4 is 11.5 Å². The van der Waals surface area contributed by atoms with E-state index in [0.717, 1.165) is 12.8 Å². The van der Waals surface area contributed by atoms with Crippen LogP contribution in [0, 0.1) is 0 Å². The lowest BCUT2D eigenvalue weighted by atomic mass is 10.1. The van der Waals surface area contributed by atoms with E-state index < -0.39 is 8.56 Å². The largest absolute Gasteiger partial charge is 0.397 e. The van der Waals surface area contributed by atoms with E-state index in [1.165, 1.54) is 6.42 Å². The van der Waals surface area contributed by atoms with Gasteiger partial charge in [-0.15, -0.1) is 0 Å². The molecule has 4 N–H and O–H groups in total. The highest BCUT2D eigenvalue weighted by molar-refractivity contribution is 6.67. The summed E-state index contributed by atoms with van der Waals surface area (Å²) in [6.45, 7) is 10.1. The normalized spacial score (nSPS) is 13.9. The van der Waals surface area contributed by atoms with Gasteiger partial charge in [-0.25, -0.2) is 0 Å². The Balaban J connectivity index is 0. The topological polar surface area (TPSA) is 70.5 Å². The predicted octanol–water partition coefficient (Wildman–Crippen LogP) is 2.15. The standard InChI is InChI=1S/C8H21NO2Si.C4H11N/c1-5-6-7-8(9)12(4,10-2)11-3;1-4(2,3)5/h8H,5-7,9H2,1-4H3;5H2,1-3H3. The van der Waals surface area contributed by atoms with Crippen molar-refractivity contribution in [1.29, 1.82) is 0 Å². The third-order valence-corrected chi connectivity index (χ3v) is 5.61. The van der Waals surface area contributed by atoms with Crippen LogP contribution in [0.3, 0.4) is 0 Å². The molecule has 0 fully saturated rings. The molecular weight excluding hydrogens is 232 g/mol. The molecule has 0 saturated carbocycles. The van der Waals surface area contributed by atoms with Crippen molar-refractivity contribution in [2.45, 2.75) is 64.7 Å². The first-order valence-electron chi connectivity index (χ1n) is 6.25. The molecule has 0 radical (unpaired) electrons. The number of hydrogen-bond donors (Lipinski definition) is 2. The first kappa shape index (κ1) is 19.4. The molecule has 4 nitrogen and oxygen atoms in total. The zero-order valence-electron chi connectivity index (χ0n) is 12.7. The lowest BCUT2D eigenvalue weighted by Gasteiger charge is -2.28. The maximum Gasteiger partial charge on any atom is 0.351 e. The van der Waals surface area contributed by atoms with E-state index in [1.54, 1.807) is 14.2 Å².